The van der Waals surface area contributed by atoms with Crippen LogP contribution in [0, 0.1) is 29.1 Å². The Bertz CT molecular complexity index is 1190. The molecule has 0 aromatic heterocycles. The van der Waals surface area contributed by atoms with Gasteiger partial charge in [-0.15, -0.1) is 0 Å². The Kier molecular flexibility index (Phi) is 11.3. The number of esters is 1. The lowest BCUT2D eigenvalue weighted by molar-refractivity contribution is -0.289. The van der Waals surface area contributed by atoms with E-state index in [9.17, 15) is 19.2 Å². The zero-order valence-corrected chi connectivity index (χ0v) is 28.0. The van der Waals surface area contributed by atoms with E-state index < -0.39 is 82.9 Å². The second kappa shape index (κ2) is 13.9. The number of alkyl carbamates (subject to hydrolysis) is 1. The number of alkyl halides is 1. The Morgan fingerprint density at radius 3 is 2.31 bits per heavy atom. The number of ketones is 2. The van der Waals surface area contributed by atoms with Crippen LogP contribution in [0.1, 0.15) is 81.6 Å². The van der Waals surface area contributed by atoms with Crippen molar-refractivity contribution in [2.75, 3.05) is 13.7 Å². The molecule has 4 unspecified atom stereocenters. The zero-order valence-electron chi connectivity index (χ0n) is 28.0. The fourth-order valence-corrected chi connectivity index (χ4v) is 7.52. The molecule has 14 heteroatoms. The quantitative estimate of drug-likeness (QED) is 0.140. The van der Waals surface area contributed by atoms with Gasteiger partial charge in [-0.2, -0.15) is 0 Å². The topological polar surface area (TPSA) is 175 Å². The molecule has 0 aliphatic carbocycles. The number of azide groups is 1. The van der Waals surface area contributed by atoms with Crippen LogP contribution < -0.4 is 5.32 Å². The minimum Gasteiger partial charge on any atom is -0.455 e. The third kappa shape index (κ3) is 7.45. The zero-order chi connectivity index (χ0) is 34.1. The molecule has 3 aliphatic heterocycles. The second-order valence-corrected chi connectivity index (χ2v) is 14.1. The van der Waals surface area contributed by atoms with Crippen LogP contribution in [0.2, 0.25) is 0 Å². The van der Waals surface area contributed by atoms with Crippen LogP contribution in [-0.2, 0) is 38.1 Å². The monoisotopic (exact) mass is 640 g/mol. The average molecular weight is 641 g/mol. The SMILES string of the molecule is COC1C(C)CC(C)OC1O[C@@H]1[C@@H](C)C(=O)[C@](C)(F)C(=O)O[C@H](CCN=[N+]=[N-])[C@@]2(C)OC(=O)N[C@@H]2[C@@H](C)C(=O)[C@H](C)CC1(C)C. The van der Waals surface area contributed by atoms with Crippen LogP contribution in [0.25, 0.3) is 10.4 Å². The van der Waals surface area contributed by atoms with Crippen molar-refractivity contribution in [3.05, 3.63) is 10.4 Å². The third-order valence-electron chi connectivity index (χ3n) is 9.85. The van der Waals surface area contributed by atoms with E-state index in [1.807, 2.05) is 27.7 Å². The summed E-state index contributed by atoms with van der Waals surface area (Å²) in [6.45, 7) is 14.5. The number of carbonyl (C=O) groups excluding carboxylic acids is 4. The Morgan fingerprint density at radius 2 is 1.71 bits per heavy atom. The number of cyclic esters (lactones) is 1. The van der Waals surface area contributed by atoms with E-state index in [1.54, 1.807) is 21.0 Å². The standard InChI is InChI=1S/C31H49FN4O9/c1-15-13-17(3)42-26(22(15)41-10)44-25-19(5)24(38)30(8,32)27(39)43-20(11-12-34-36-33)31(9)23(35-28(40)45-31)18(4)21(37)16(2)14-29(25,6)7/h15-20,22-23,25-26H,11-14H2,1-10H3,(H,35,40)/t15?,16-,17?,18+,19+,20-,22?,23-,25-,26?,30+,31-/m1/s1. The largest absolute Gasteiger partial charge is 0.455 e. The number of methoxy groups -OCH3 is 1. The van der Waals surface area contributed by atoms with Crippen molar-refractivity contribution in [2.45, 2.75) is 130 Å². The summed E-state index contributed by atoms with van der Waals surface area (Å²) in [4.78, 5) is 56.7. The van der Waals surface area contributed by atoms with Gasteiger partial charge in [-0.05, 0) is 56.9 Å². The minimum absolute atomic E-state index is 0.0552. The van der Waals surface area contributed by atoms with Crippen LogP contribution in [0.5, 0.6) is 0 Å². The predicted molar refractivity (Wildman–Crippen MR) is 160 cm³/mol. The Balaban J connectivity index is 2.13. The van der Waals surface area contributed by atoms with Gasteiger partial charge in [-0.1, -0.05) is 46.7 Å². The smallest absolute Gasteiger partial charge is 0.408 e. The lowest BCUT2D eigenvalue weighted by Gasteiger charge is -2.46. The molecule has 0 aromatic rings. The number of hydrogen-bond acceptors (Lipinski definition) is 10. The molecule has 13 nitrogen and oxygen atoms in total. The molecule has 45 heavy (non-hydrogen) atoms. The summed E-state index contributed by atoms with van der Waals surface area (Å²) in [6, 6.07) is -0.983. The van der Waals surface area contributed by atoms with Gasteiger partial charge in [0.05, 0.1) is 18.2 Å². The fraction of sp³-hybridized carbons (Fsp3) is 0.871. The fourth-order valence-electron chi connectivity index (χ4n) is 7.52. The van der Waals surface area contributed by atoms with Crippen molar-refractivity contribution in [1.29, 1.82) is 0 Å². The number of rotatable bonds is 6. The van der Waals surface area contributed by atoms with Gasteiger partial charge in [0.25, 0.3) is 5.67 Å². The van der Waals surface area contributed by atoms with Crippen LogP contribution in [0.4, 0.5) is 9.18 Å². The number of amides is 1. The number of fused-ring (bicyclic) bond motifs is 1. The molecule has 3 rings (SSSR count). The number of hydrogen-bond donors (Lipinski definition) is 1. The van der Waals surface area contributed by atoms with E-state index in [1.165, 1.54) is 13.8 Å². The first-order chi connectivity index (χ1) is 20.8. The molecule has 0 spiro atoms. The van der Waals surface area contributed by atoms with Gasteiger partial charge in [0.2, 0.25) is 0 Å². The van der Waals surface area contributed by atoms with Gasteiger partial charge in [-0.3, -0.25) is 9.59 Å². The average Bonchev–Trinajstić information content (AvgIpc) is 3.27. The van der Waals surface area contributed by atoms with Gasteiger partial charge in [-0.25, -0.2) is 14.0 Å². The lowest BCUT2D eigenvalue weighted by atomic mass is 9.69. The van der Waals surface area contributed by atoms with Crippen molar-refractivity contribution < 1.29 is 47.3 Å². The van der Waals surface area contributed by atoms with Crippen LogP contribution in [0.3, 0.4) is 0 Å². The highest BCUT2D eigenvalue weighted by Gasteiger charge is 2.59. The molecule has 0 bridgehead atoms. The molecule has 1 N–H and O–H groups in total. The van der Waals surface area contributed by atoms with E-state index in [4.69, 9.17) is 29.2 Å². The maximum Gasteiger partial charge on any atom is 0.408 e. The highest BCUT2D eigenvalue weighted by Crippen LogP contribution is 2.43. The number of Topliss-reactive ketones (excluding diaryl/α,β-unsaturated/α-hetero) is 2. The summed E-state index contributed by atoms with van der Waals surface area (Å²) >= 11 is 0. The number of nitrogens with zero attached hydrogens (tertiary/aromatic N) is 3. The first kappa shape index (κ1) is 36.7. The summed E-state index contributed by atoms with van der Waals surface area (Å²) in [5.74, 6) is -5.36. The summed E-state index contributed by atoms with van der Waals surface area (Å²) in [5, 5.41) is 6.15. The van der Waals surface area contributed by atoms with E-state index in [0.717, 1.165) is 13.3 Å². The number of carbonyl (C=O) groups is 4. The minimum atomic E-state index is -3.14. The first-order valence-electron chi connectivity index (χ1n) is 15.6. The summed E-state index contributed by atoms with van der Waals surface area (Å²) < 4.78 is 46.0. The number of halogens is 1. The number of ether oxygens (including phenoxy) is 5. The van der Waals surface area contributed by atoms with Crippen LogP contribution >= 0.6 is 0 Å². The van der Waals surface area contributed by atoms with Crippen molar-refractivity contribution >= 4 is 23.6 Å². The third-order valence-corrected chi connectivity index (χ3v) is 9.85. The van der Waals surface area contributed by atoms with Gasteiger partial charge in [0, 0.05) is 36.3 Å². The summed E-state index contributed by atoms with van der Waals surface area (Å²) in [7, 11) is 1.54. The Morgan fingerprint density at radius 1 is 1.07 bits per heavy atom. The maximum absolute atomic E-state index is 16.5. The van der Waals surface area contributed by atoms with E-state index >= 15 is 4.39 Å². The summed E-state index contributed by atoms with van der Waals surface area (Å²) in [5.41, 5.74) is 3.12. The van der Waals surface area contributed by atoms with Crippen molar-refractivity contribution in [3.8, 4) is 0 Å². The molecule has 12 atom stereocenters. The van der Waals surface area contributed by atoms with E-state index in [2.05, 4.69) is 15.3 Å². The molecular formula is C31H49FN4O9. The first-order valence-corrected chi connectivity index (χ1v) is 15.6. The van der Waals surface area contributed by atoms with E-state index in [-0.39, 0.29) is 37.2 Å². The molecule has 0 aromatic carbocycles. The van der Waals surface area contributed by atoms with Gasteiger partial charge in [0.15, 0.2) is 17.7 Å². The van der Waals surface area contributed by atoms with Crippen molar-refractivity contribution in [2.24, 2.45) is 34.2 Å². The van der Waals surface area contributed by atoms with Crippen LogP contribution in [0.15, 0.2) is 5.11 Å². The van der Waals surface area contributed by atoms with Gasteiger partial charge < -0.3 is 29.0 Å². The predicted octanol–water partition coefficient (Wildman–Crippen LogP) is 4.84. The van der Waals surface area contributed by atoms with Gasteiger partial charge in [0.1, 0.15) is 18.0 Å². The van der Waals surface area contributed by atoms with Crippen LogP contribution in [-0.4, -0.2) is 85.3 Å². The Labute approximate surface area is 264 Å². The lowest BCUT2D eigenvalue weighted by Crippen LogP contribution is -2.59. The summed E-state index contributed by atoms with van der Waals surface area (Å²) in [6.07, 6.45) is -4.00. The molecule has 3 saturated heterocycles. The maximum atomic E-state index is 16.5. The highest BCUT2D eigenvalue weighted by atomic mass is 19.1. The Hall–Kier alpha value is -2.80. The molecule has 3 heterocycles. The molecule has 3 aliphatic rings. The molecule has 254 valence electrons. The number of nitrogens with one attached hydrogen (secondary N) is 1. The molecule has 1 amide bonds. The van der Waals surface area contributed by atoms with Crippen molar-refractivity contribution in [1.82, 2.24) is 5.32 Å². The molecule has 3 fully saturated rings. The molecule has 0 radical (unpaired) electrons. The molecular weight excluding hydrogens is 591 g/mol. The second-order valence-electron chi connectivity index (χ2n) is 14.1. The normalized spacial score (nSPS) is 42.8. The molecule has 0 saturated carbocycles. The van der Waals surface area contributed by atoms with Gasteiger partial charge >= 0.3 is 12.1 Å². The highest BCUT2D eigenvalue weighted by molar-refractivity contribution is 6.07. The van der Waals surface area contributed by atoms with Crippen molar-refractivity contribution in [3.63, 3.8) is 0 Å². The van der Waals surface area contributed by atoms with E-state index in [0.29, 0.717) is 0 Å².